The molecule has 150 valence electrons. The van der Waals surface area contributed by atoms with Gasteiger partial charge in [0, 0.05) is 24.8 Å². The van der Waals surface area contributed by atoms with E-state index in [1.807, 2.05) is 0 Å². The molecular formula is C18H31BrN2O5. The summed E-state index contributed by atoms with van der Waals surface area (Å²) in [6.07, 6.45) is 2.07. The van der Waals surface area contributed by atoms with Crippen molar-refractivity contribution < 1.29 is 23.9 Å². The van der Waals surface area contributed by atoms with E-state index in [9.17, 15) is 14.4 Å². The van der Waals surface area contributed by atoms with Crippen molar-refractivity contribution in [3.63, 3.8) is 0 Å². The van der Waals surface area contributed by atoms with Crippen LogP contribution in [0.15, 0.2) is 0 Å². The van der Waals surface area contributed by atoms with Crippen molar-refractivity contribution in [3.05, 3.63) is 0 Å². The summed E-state index contributed by atoms with van der Waals surface area (Å²) >= 11 is 3.34. The lowest BCUT2D eigenvalue weighted by Crippen LogP contribution is -2.56. The summed E-state index contributed by atoms with van der Waals surface area (Å²) in [5.41, 5.74) is -0.594. The predicted molar refractivity (Wildman–Crippen MR) is 102 cm³/mol. The molecule has 1 fully saturated rings. The second-order valence-electron chi connectivity index (χ2n) is 7.39. The molecule has 1 aliphatic heterocycles. The van der Waals surface area contributed by atoms with Gasteiger partial charge in [0.25, 0.3) is 0 Å². The summed E-state index contributed by atoms with van der Waals surface area (Å²) in [5, 5.41) is 3.76. The average Bonchev–Trinajstić information content (AvgIpc) is 2.53. The first kappa shape index (κ1) is 22.7. The van der Waals surface area contributed by atoms with Crippen LogP contribution in [-0.2, 0) is 19.1 Å². The lowest BCUT2D eigenvalue weighted by molar-refractivity contribution is -0.151. The highest BCUT2D eigenvalue weighted by atomic mass is 79.9. The van der Waals surface area contributed by atoms with Crippen molar-refractivity contribution in [2.75, 3.05) is 25.0 Å². The van der Waals surface area contributed by atoms with Gasteiger partial charge in [-0.15, -0.1) is 0 Å². The monoisotopic (exact) mass is 434 g/mol. The maximum Gasteiger partial charge on any atom is 0.410 e. The normalized spacial score (nSPS) is 20.4. The lowest BCUT2D eigenvalue weighted by atomic mass is 9.91. The van der Waals surface area contributed by atoms with E-state index in [1.54, 1.807) is 32.6 Å². The number of hydrogen-bond donors (Lipinski definition) is 1. The van der Waals surface area contributed by atoms with Crippen LogP contribution in [0.2, 0.25) is 0 Å². The Morgan fingerprint density at radius 3 is 2.50 bits per heavy atom. The molecule has 2 amide bonds. The van der Waals surface area contributed by atoms with Gasteiger partial charge in [-0.3, -0.25) is 9.59 Å². The highest BCUT2D eigenvalue weighted by Gasteiger charge is 2.38. The number of unbranched alkanes of at least 4 members (excludes halogenated alkanes) is 1. The maximum absolute atomic E-state index is 12.3. The molecular weight excluding hydrogens is 404 g/mol. The van der Waals surface area contributed by atoms with Gasteiger partial charge >= 0.3 is 12.1 Å². The van der Waals surface area contributed by atoms with Gasteiger partial charge in [-0.25, -0.2) is 4.79 Å². The van der Waals surface area contributed by atoms with Gasteiger partial charge in [-0.2, -0.15) is 0 Å². The smallest absolute Gasteiger partial charge is 0.410 e. The number of likely N-dealkylation sites (tertiary alicyclic amines) is 1. The molecule has 1 N–H and O–H groups in total. The first-order valence-electron chi connectivity index (χ1n) is 9.17. The topological polar surface area (TPSA) is 84.9 Å². The summed E-state index contributed by atoms with van der Waals surface area (Å²) in [7, 11) is 0. The number of amides is 2. The number of esters is 1. The van der Waals surface area contributed by atoms with Crippen LogP contribution in [0.5, 0.6) is 0 Å². The van der Waals surface area contributed by atoms with Crippen molar-refractivity contribution in [2.24, 2.45) is 5.92 Å². The molecule has 7 nitrogen and oxygen atoms in total. The fourth-order valence-electron chi connectivity index (χ4n) is 2.78. The van der Waals surface area contributed by atoms with Gasteiger partial charge in [0.1, 0.15) is 5.60 Å². The Bertz CT molecular complexity index is 492. The van der Waals surface area contributed by atoms with Crippen LogP contribution < -0.4 is 5.32 Å². The number of piperidine rings is 1. The first-order chi connectivity index (χ1) is 12.2. The third-order valence-corrected chi connectivity index (χ3v) is 4.55. The zero-order chi connectivity index (χ0) is 19.7. The van der Waals surface area contributed by atoms with Crippen LogP contribution in [0.3, 0.4) is 0 Å². The molecule has 1 aliphatic rings. The number of carbonyl (C=O) groups excluding carboxylic acids is 3. The fourth-order valence-corrected chi connectivity index (χ4v) is 3.18. The van der Waals surface area contributed by atoms with E-state index in [2.05, 4.69) is 21.2 Å². The minimum Gasteiger partial charge on any atom is -0.466 e. The Morgan fingerprint density at radius 1 is 1.23 bits per heavy atom. The summed E-state index contributed by atoms with van der Waals surface area (Å²) in [4.78, 5) is 38.3. The molecule has 0 saturated carbocycles. The molecule has 0 aromatic carbocycles. The molecule has 0 aromatic heterocycles. The molecule has 1 saturated heterocycles. The summed E-state index contributed by atoms with van der Waals surface area (Å²) in [5.74, 6) is -0.896. The maximum atomic E-state index is 12.3. The molecule has 1 rings (SSSR count). The van der Waals surface area contributed by atoms with Crippen molar-refractivity contribution in [1.29, 1.82) is 0 Å². The zero-order valence-electron chi connectivity index (χ0n) is 16.2. The van der Waals surface area contributed by atoms with Crippen molar-refractivity contribution >= 4 is 33.9 Å². The Hall–Kier alpha value is -1.31. The molecule has 0 aromatic rings. The molecule has 2 atom stereocenters. The first-order valence-corrected chi connectivity index (χ1v) is 10.3. The number of halogens is 1. The number of ether oxygens (including phenoxy) is 2. The van der Waals surface area contributed by atoms with E-state index in [4.69, 9.17) is 9.47 Å². The standard InChI is InChI=1S/C18H31BrN2O5/c1-5-25-16(23)13-9-11-21(17(24)26-18(2,3)4)12-14(13)20-15(22)8-6-7-10-19/h13-14H,5-12H2,1-4H3,(H,20,22)/t13-,14-/m0/s1. The van der Waals surface area contributed by atoms with Crippen LogP contribution in [0.1, 0.15) is 53.4 Å². The van der Waals surface area contributed by atoms with Crippen LogP contribution in [0.4, 0.5) is 4.79 Å². The van der Waals surface area contributed by atoms with Gasteiger partial charge < -0.3 is 19.7 Å². The molecule has 8 heteroatoms. The van der Waals surface area contributed by atoms with Gasteiger partial charge in [0.2, 0.25) is 5.91 Å². The minimum atomic E-state index is -0.594. The van der Waals surface area contributed by atoms with Crippen LogP contribution >= 0.6 is 15.9 Å². The van der Waals surface area contributed by atoms with Gasteiger partial charge in [0.05, 0.1) is 18.6 Å². The number of alkyl halides is 1. The molecule has 26 heavy (non-hydrogen) atoms. The molecule has 0 radical (unpaired) electrons. The van der Waals surface area contributed by atoms with Crippen LogP contribution in [0.25, 0.3) is 0 Å². The molecule has 0 aliphatic carbocycles. The number of nitrogens with zero attached hydrogens (tertiary/aromatic N) is 1. The predicted octanol–water partition coefficient (Wildman–Crippen LogP) is 2.86. The number of rotatable bonds is 7. The Kier molecular flexibility index (Phi) is 9.39. The van der Waals surface area contributed by atoms with Gasteiger partial charge in [0.15, 0.2) is 0 Å². The second kappa shape index (κ2) is 10.7. The summed E-state index contributed by atoms with van der Waals surface area (Å²) in [6.45, 7) is 8.09. The van der Waals surface area contributed by atoms with Crippen molar-refractivity contribution in [1.82, 2.24) is 10.2 Å². The lowest BCUT2D eigenvalue weighted by Gasteiger charge is -2.38. The molecule has 0 spiro atoms. The van der Waals surface area contributed by atoms with E-state index in [0.29, 0.717) is 19.4 Å². The highest BCUT2D eigenvalue weighted by molar-refractivity contribution is 9.09. The van der Waals surface area contributed by atoms with E-state index in [-0.39, 0.29) is 25.0 Å². The van der Waals surface area contributed by atoms with Crippen molar-refractivity contribution in [3.8, 4) is 0 Å². The third-order valence-electron chi connectivity index (χ3n) is 3.99. The van der Waals surface area contributed by atoms with E-state index >= 15 is 0 Å². The second-order valence-corrected chi connectivity index (χ2v) is 8.19. The van der Waals surface area contributed by atoms with E-state index in [0.717, 1.165) is 18.2 Å². The minimum absolute atomic E-state index is 0.115. The van der Waals surface area contributed by atoms with Gasteiger partial charge in [-0.1, -0.05) is 15.9 Å². The fraction of sp³-hybridized carbons (Fsp3) is 0.833. The number of nitrogens with one attached hydrogen (secondary N) is 1. The van der Waals surface area contributed by atoms with E-state index < -0.39 is 23.7 Å². The quantitative estimate of drug-likeness (QED) is 0.378. The Balaban J connectivity index is 2.75. The highest BCUT2D eigenvalue weighted by Crippen LogP contribution is 2.22. The SMILES string of the molecule is CCOC(=O)[C@H]1CCN(C(=O)OC(C)(C)C)C[C@@H]1NC(=O)CCCCBr. The van der Waals surface area contributed by atoms with Crippen LogP contribution in [-0.4, -0.2) is 59.5 Å². The van der Waals surface area contributed by atoms with E-state index in [1.165, 1.54) is 0 Å². The number of carbonyl (C=O) groups is 3. The zero-order valence-corrected chi connectivity index (χ0v) is 17.8. The van der Waals surface area contributed by atoms with Gasteiger partial charge in [-0.05, 0) is 47.0 Å². The van der Waals surface area contributed by atoms with Crippen LogP contribution in [0, 0.1) is 5.92 Å². The largest absolute Gasteiger partial charge is 0.466 e. The Morgan fingerprint density at radius 2 is 1.92 bits per heavy atom. The van der Waals surface area contributed by atoms with Crippen molar-refractivity contribution in [2.45, 2.75) is 65.0 Å². The summed E-state index contributed by atoms with van der Waals surface area (Å²) < 4.78 is 10.5. The summed E-state index contributed by atoms with van der Waals surface area (Å²) in [6, 6.07) is -0.466. The third kappa shape index (κ3) is 7.93. The molecule has 0 bridgehead atoms. The Labute approximate surface area is 164 Å². The average molecular weight is 435 g/mol. The number of hydrogen-bond acceptors (Lipinski definition) is 5. The molecule has 1 heterocycles. The molecule has 0 unspecified atom stereocenters.